The summed E-state index contributed by atoms with van der Waals surface area (Å²) in [6.07, 6.45) is 0. The van der Waals surface area contributed by atoms with Gasteiger partial charge in [0.05, 0.1) is 11.4 Å². The van der Waals surface area contributed by atoms with E-state index >= 15 is 0 Å². The largest absolute Gasteiger partial charge is 0.397 e. The van der Waals surface area contributed by atoms with Gasteiger partial charge in [-0.05, 0) is 45.6 Å². The Morgan fingerprint density at radius 2 is 2.06 bits per heavy atom. The lowest BCUT2D eigenvalue weighted by molar-refractivity contribution is 0.603. The van der Waals surface area contributed by atoms with Gasteiger partial charge in [0.25, 0.3) is 10.0 Å². The fourth-order valence-electron chi connectivity index (χ4n) is 1.29. The smallest absolute Gasteiger partial charge is 0.272 e. The van der Waals surface area contributed by atoms with Crippen LogP contribution in [0.1, 0.15) is 0 Å². The first-order chi connectivity index (χ1) is 8.40. The van der Waals surface area contributed by atoms with Crippen LogP contribution in [0.4, 0.5) is 11.4 Å². The molecular formula is C10H8BrClN2O2S2. The molecule has 96 valence electrons. The van der Waals surface area contributed by atoms with Crippen molar-refractivity contribution in [3.05, 3.63) is 39.1 Å². The minimum atomic E-state index is -3.64. The molecule has 0 saturated carbocycles. The lowest BCUT2D eigenvalue weighted by Crippen LogP contribution is -2.13. The predicted octanol–water partition coefficient (Wildman–Crippen LogP) is 3.55. The molecule has 0 amide bonds. The highest BCUT2D eigenvalue weighted by atomic mass is 79.9. The van der Waals surface area contributed by atoms with E-state index in [4.69, 9.17) is 17.3 Å². The number of hydrogen-bond donors (Lipinski definition) is 2. The molecule has 1 heterocycles. The minimum Gasteiger partial charge on any atom is -0.397 e. The highest BCUT2D eigenvalue weighted by Gasteiger charge is 2.20. The maximum Gasteiger partial charge on any atom is 0.272 e. The van der Waals surface area contributed by atoms with E-state index in [1.54, 1.807) is 17.5 Å². The van der Waals surface area contributed by atoms with Crippen molar-refractivity contribution in [1.82, 2.24) is 0 Å². The fraction of sp³-hybridized carbons (Fsp3) is 0. The Morgan fingerprint density at radius 3 is 2.61 bits per heavy atom. The molecule has 1 aromatic heterocycles. The van der Waals surface area contributed by atoms with E-state index in [1.807, 2.05) is 0 Å². The van der Waals surface area contributed by atoms with Crippen LogP contribution in [0.5, 0.6) is 0 Å². The molecule has 0 spiro atoms. The molecular weight excluding hydrogens is 360 g/mol. The molecule has 3 N–H and O–H groups in total. The summed E-state index contributed by atoms with van der Waals surface area (Å²) in [5.41, 5.74) is 6.28. The minimum absolute atomic E-state index is 0.205. The molecule has 2 aromatic rings. The molecule has 18 heavy (non-hydrogen) atoms. The number of nitrogens with two attached hydrogens (primary N) is 1. The van der Waals surface area contributed by atoms with E-state index in [9.17, 15) is 8.42 Å². The van der Waals surface area contributed by atoms with E-state index in [-0.39, 0.29) is 9.90 Å². The summed E-state index contributed by atoms with van der Waals surface area (Å²) in [5.74, 6) is 0. The van der Waals surface area contributed by atoms with Crippen molar-refractivity contribution in [1.29, 1.82) is 0 Å². The van der Waals surface area contributed by atoms with Crippen molar-refractivity contribution >= 4 is 60.3 Å². The standard InChI is InChI=1S/C10H8BrClN2O2S2/c11-7-3-4-17-10(7)18(15,16)14-9-2-1-6(12)5-8(9)13/h1-5,14H,13H2. The molecule has 0 fully saturated rings. The van der Waals surface area contributed by atoms with Gasteiger partial charge in [0.2, 0.25) is 0 Å². The van der Waals surface area contributed by atoms with Crippen molar-refractivity contribution in [2.75, 3.05) is 10.5 Å². The summed E-state index contributed by atoms with van der Waals surface area (Å²) in [5, 5.41) is 2.14. The third-order valence-corrected chi connectivity index (χ3v) is 6.36. The predicted molar refractivity (Wildman–Crippen MR) is 78.7 cm³/mol. The molecule has 1 aromatic carbocycles. The fourth-order valence-corrected chi connectivity index (χ4v) is 4.90. The summed E-state index contributed by atoms with van der Waals surface area (Å²) in [7, 11) is -3.64. The average molecular weight is 368 g/mol. The van der Waals surface area contributed by atoms with Gasteiger partial charge >= 0.3 is 0 Å². The van der Waals surface area contributed by atoms with Crippen molar-refractivity contribution in [3.63, 3.8) is 0 Å². The molecule has 0 radical (unpaired) electrons. The van der Waals surface area contributed by atoms with Crippen molar-refractivity contribution in [2.45, 2.75) is 4.21 Å². The Bertz CT molecular complexity index is 685. The summed E-state index contributed by atoms with van der Waals surface area (Å²) in [6, 6.07) is 6.25. The monoisotopic (exact) mass is 366 g/mol. The van der Waals surface area contributed by atoms with Crippen LogP contribution >= 0.6 is 38.9 Å². The molecule has 4 nitrogen and oxygen atoms in total. The molecule has 0 unspecified atom stereocenters. The molecule has 0 aliphatic heterocycles. The first-order valence-corrected chi connectivity index (χ1v) is 8.24. The van der Waals surface area contributed by atoms with Crippen molar-refractivity contribution in [3.8, 4) is 0 Å². The normalized spacial score (nSPS) is 11.4. The number of thiophene rings is 1. The summed E-state index contributed by atoms with van der Waals surface area (Å²) in [6.45, 7) is 0. The van der Waals surface area contributed by atoms with Gasteiger partial charge < -0.3 is 5.73 Å². The van der Waals surface area contributed by atoms with Gasteiger partial charge in [0.1, 0.15) is 0 Å². The van der Waals surface area contributed by atoms with Crippen molar-refractivity contribution < 1.29 is 8.42 Å². The van der Waals surface area contributed by atoms with Crippen LogP contribution in [-0.2, 0) is 10.0 Å². The highest BCUT2D eigenvalue weighted by molar-refractivity contribution is 9.10. The number of rotatable bonds is 3. The molecule has 2 rings (SSSR count). The molecule has 0 saturated heterocycles. The Labute approximate surface area is 122 Å². The van der Waals surface area contributed by atoms with Gasteiger partial charge in [-0.2, -0.15) is 0 Å². The summed E-state index contributed by atoms with van der Waals surface area (Å²) < 4.78 is 27.4. The van der Waals surface area contributed by atoms with Gasteiger partial charge in [0.15, 0.2) is 4.21 Å². The van der Waals surface area contributed by atoms with Crippen LogP contribution in [-0.4, -0.2) is 8.42 Å². The number of benzene rings is 1. The van der Waals surface area contributed by atoms with Gasteiger partial charge in [0, 0.05) is 9.50 Å². The van der Waals surface area contributed by atoms with Crippen LogP contribution in [0.15, 0.2) is 38.3 Å². The highest BCUT2D eigenvalue weighted by Crippen LogP contribution is 2.31. The van der Waals surface area contributed by atoms with Crippen LogP contribution < -0.4 is 10.5 Å². The molecule has 0 aliphatic carbocycles. The van der Waals surface area contributed by atoms with Gasteiger partial charge in [-0.15, -0.1) is 11.3 Å². The Balaban J connectivity index is 2.37. The van der Waals surface area contributed by atoms with E-state index in [2.05, 4.69) is 20.7 Å². The maximum absolute atomic E-state index is 12.1. The molecule has 0 atom stereocenters. The zero-order chi connectivity index (χ0) is 13.3. The van der Waals surface area contributed by atoms with Crippen LogP contribution in [0, 0.1) is 0 Å². The number of nitrogen functional groups attached to an aromatic ring is 1. The number of hydrogen-bond acceptors (Lipinski definition) is 4. The SMILES string of the molecule is Nc1cc(Cl)ccc1NS(=O)(=O)c1sccc1Br. The number of sulfonamides is 1. The third kappa shape index (κ3) is 2.80. The lowest BCUT2D eigenvalue weighted by atomic mass is 10.3. The average Bonchev–Trinajstić information content (AvgIpc) is 2.69. The second-order valence-corrected chi connectivity index (χ2v) is 7.48. The van der Waals surface area contributed by atoms with E-state index in [0.717, 1.165) is 11.3 Å². The van der Waals surface area contributed by atoms with Crippen LogP contribution in [0.2, 0.25) is 5.02 Å². The Hall–Kier alpha value is -0.760. The summed E-state index contributed by atoms with van der Waals surface area (Å²) >= 11 is 10.1. The zero-order valence-electron chi connectivity index (χ0n) is 8.85. The van der Waals surface area contributed by atoms with Gasteiger partial charge in [-0.1, -0.05) is 11.6 Å². The number of nitrogens with one attached hydrogen (secondary N) is 1. The lowest BCUT2D eigenvalue weighted by Gasteiger charge is -2.09. The maximum atomic E-state index is 12.1. The summed E-state index contributed by atoms with van der Waals surface area (Å²) in [4.78, 5) is 0. The second-order valence-electron chi connectivity index (χ2n) is 3.39. The Kier molecular flexibility index (Phi) is 3.86. The first-order valence-electron chi connectivity index (χ1n) is 4.71. The molecule has 0 bridgehead atoms. The zero-order valence-corrected chi connectivity index (χ0v) is 12.8. The molecule has 0 aliphatic rings. The third-order valence-electron chi connectivity index (χ3n) is 2.09. The number of anilines is 2. The second kappa shape index (κ2) is 5.08. The van der Waals surface area contributed by atoms with E-state index < -0.39 is 10.0 Å². The Morgan fingerprint density at radius 1 is 1.33 bits per heavy atom. The van der Waals surface area contributed by atoms with E-state index in [1.165, 1.54) is 12.1 Å². The van der Waals surface area contributed by atoms with E-state index in [0.29, 0.717) is 15.2 Å². The first kappa shape index (κ1) is 13.7. The quantitative estimate of drug-likeness (QED) is 0.815. The van der Waals surface area contributed by atoms with Gasteiger partial charge in [-0.25, -0.2) is 8.42 Å². The van der Waals surface area contributed by atoms with Gasteiger partial charge in [-0.3, -0.25) is 4.72 Å². The molecule has 8 heteroatoms. The number of halogens is 2. The van der Waals surface area contributed by atoms with Crippen molar-refractivity contribution in [2.24, 2.45) is 0 Å². The van der Waals surface area contributed by atoms with Crippen LogP contribution in [0.25, 0.3) is 0 Å². The topological polar surface area (TPSA) is 72.2 Å². The van der Waals surface area contributed by atoms with Crippen LogP contribution in [0.3, 0.4) is 0 Å².